The molecule has 404 valence electrons. The van der Waals surface area contributed by atoms with Gasteiger partial charge < -0.3 is 9.80 Å². The van der Waals surface area contributed by atoms with Gasteiger partial charge >= 0.3 is 0 Å². The van der Waals surface area contributed by atoms with Crippen molar-refractivity contribution in [2.45, 2.75) is 150 Å². The Morgan fingerprint density at radius 1 is 0.325 bits per heavy atom. The Kier molecular flexibility index (Phi) is 16.0. The van der Waals surface area contributed by atoms with Crippen molar-refractivity contribution in [2.24, 2.45) is 0 Å². The molecule has 0 radical (unpaired) electrons. The Hall–Kier alpha value is -7.36. The Morgan fingerprint density at radius 3 is 0.938 bits per heavy atom. The van der Waals surface area contributed by atoms with Gasteiger partial charge in [-0.25, -0.2) is 0 Å². The van der Waals surface area contributed by atoms with Gasteiger partial charge in [-0.05, 0) is 164 Å². The van der Waals surface area contributed by atoms with Gasteiger partial charge in [0.2, 0.25) is 0 Å². The zero-order chi connectivity index (χ0) is 55.5. The number of anilines is 6. The molecule has 0 saturated carbocycles. The molecule has 9 aromatic rings. The van der Waals surface area contributed by atoms with Crippen LogP contribution < -0.4 is 26.2 Å². The van der Waals surface area contributed by atoms with E-state index in [0.717, 1.165) is 25.7 Å². The van der Waals surface area contributed by atoms with Gasteiger partial charge in [-0.15, -0.1) is 0 Å². The molecule has 0 atom stereocenters. The van der Waals surface area contributed by atoms with E-state index in [1.54, 1.807) is 0 Å². The fraction of sp³-hybridized carbons (Fsp3) is 0.299. The highest BCUT2D eigenvalue weighted by molar-refractivity contribution is 7.00. The van der Waals surface area contributed by atoms with Crippen LogP contribution in [-0.2, 0) is 30.1 Å². The Morgan fingerprint density at radius 2 is 0.637 bits per heavy atom. The third kappa shape index (κ3) is 10.9. The summed E-state index contributed by atoms with van der Waals surface area (Å²) in [4.78, 5) is 5.52. The van der Waals surface area contributed by atoms with Crippen molar-refractivity contribution in [2.75, 3.05) is 9.80 Å². The van der Waals surface area contributed by atoms with Crippen molar-refractivity contribution in [1.82, 2.24) is 0 Å². The van der Waals surface area contributed by atoms with E-state index in [1.165, 1.54) is 174 Å². The number of aryl methyl sites for hydroxylation is 3. The highest BCUT2D eigenvalue weighted by Gasteiger charge is 2.46. The maximum atomic E-state index is 2.76. The molecule has 0 aromatic heterocycles. The topological polar surface area (TPSA) is 6.48 Å². The molecule has 0 spiro atoms. The van der Waals surface area contributed by atoms with Gasteiger partial charge in [0.1, 0.15) is 0 Å². The standard InChI is InChI=1S/C77H83BN2/c1-10-13-20-31-54-42-44-69-67(46-54)78-68-47-55(32-21-14-11-2)43-45-70(68)80(75-65(59-38-27-18-28-39-59)52-62(77(7,8)9)53-66(75)60-40-29-19-30-41-60)72-49-56(33-22-15-12-3)48-71(73(72)78)79(69)74-63(57-34-23-16-24-35-57)50-61(76(4,5)6)51-64(74)58-36-25-17-26-37-58/h16-19,23-30,34-53H,10-15,20-22,31-33H2,1-9H3. The van der Waals surface area contributed by atoms with Gasteiger partial charge in [0, 0.05) is 45.0 Å². The molecule has 2 aliphatic heterocycles. The summed E-state index contributed by atoms with van der Waals surface area (Å²) in [5, 5.41) is 0. The Labute approximate surface area is 481 Å². The average molecular weight is 1050 g/mol. The molecule has 0 saturated heterocycles. The van der Waals surface area contributed by atoms with Crippen LogP contribution in [0, 0.1) is 0 Å². The molecule has 0 fully saturated rings. The molecule has 2 nitrogen and oxygen atoms in total. The molecule has 0 amide bonds. The molecule has 0 aliphatic carbocycles. The largest absolute Gasteiger partial charge is 0.310 e. The highest BCUT2D eigenvalue weighted by Crippen LogP contribution is 2.54. The van der Waals surface area contributed by atoms with Gasteiger partial charge in [-0.1, -0.05) is 246 Å². The van der Waals surface area contributed by atoms with E-state index < -0.39 is 0 Å². The minimum Gasteiger partial charge on any atom is -0.310 e. The van der Waals surface area contributed by atoms with E-state index in [0.29, 0.717) is 0 Å². The summed E-state index contributed by atoms with van der Waals surface area (Å²) in [5.74, 6) is 0. The van der Waals surface area contributed by atoms with Crippen LogP contribution in [0.2, 0.25) is 0 Å². The van der Waals surface area contributed by atoms with E-state index in [1.807, 2.05) is 0 Å². The van der Waals surface area contributed by atoms with Gasteiger partial charge in [0.05, 0.1) is 11.4 Å². The van der Waals surface area contributed by atoms with Gasteiger partial charge in [-0.2, -0.15) is 0 Å². The second-order valence-electron chi connectivity index (χ2n) is 25.1. The zero-order valence-electron chi connectivity index (χ0n) is 49.4. The first kappa shape index (κ1) is 54.6. The SMILES string of the molecule is CCCCCc1ccc2c(c1)B1c3cc(CCCCC)ccc3N(c3c(-c4ccccc4)cc(C(C)(C)C)cc3-c3ccccc3)c3cc(CCCCC)cc(c31)N2c1c(-c2ccccc2)cc(C(C)(C)C)cc1-c1ccccc1. The summed E-state index contributed by atoms with van der Waals surface area (Å²) in [6.07, 6.45) is 13.8. The monoisotopic (exact) mass is 1050 g/mol. The zero-order valence-corrected chi connectivity index (χ0v) is 49.4. The number of fused-ring (bicyclic) bond motifs is 4. The fourth-order valence-electron chi connectivity index (χ4n) is 12.8. The van der Waals surface area contributed by atoms with E-state index >= 15 is 0 Å². The van der Waals surface area contributed by atoms with Crippen LogP contribution in [-0.4, -0.2) is 6.71 Å². The first-order valence-electron chi connectivity index (χ1n) is 30.5. The van der Waals surface area contributed by atoms with Crippen molar-refractivity contribution >= 4 is 57.2 Å². The summed E-state index contributed by atoms with van der Waals surface area (Å²) in [6, 6.07) is 75.7. The van der Waals surface area contributed by atoms with Gasteiger partial charge in [0.25, 0.3) is 6.71 Å². The summed E-state index contributed by atoms with van der Waals surface area (Å²) in [7, 11) is 0. The van der Waals surface area contributed by atoms with Crippen LogP contribution in [0.15, 0.2) is 194 Å². The quantitative estimate of drug-likeness (QED) is 0.0624. The van der Waals surface area contributed by atoms with Crippen LogP contribution in [0.3, 0.4) is 0 Å². The highest BCUT2D eigenvalue weighted by atomic mass is 15.2. The summed E-state index contributed by atoms with van der Waals surface area (Å²) < 4.78 is 0. The van der Waals surface area contributed by atoms with Crippen molar-refractivity contribution < 1.29 is 0 Å². The maximum Gasteiger partial charge on any atom is 0.252 e. The number of benzene rings is 9. The minimum atomic E-state index is -0.100. The predicted octanol–water partition coefficient (Wildman–Crippen LogP) is 20.2. The first-order chi connectivity index (χ1) is 38.9. The van der Waals surface area contributed by atoms with Gasteiger partial charge in [0.15, 0.2) is 0 Å². The molecule has 0 unspecified atom stereocenters. The number of unbranched alkanes of at least 4 members (excludes halogenated alkanes) is 6. The molecule has 2 heterocycles. The van der Waals surface area contributed by atoms with Crippen LogP contribution in [0.1, 0.15) is 148 Å². The lowest BCUT2D eigenvalue weighted by Crippen LogP contribution is -2.61. The number of nitrogens with zero attached hydrogens (tertiary/aromatic N) is 2. The van der Waals surface area contributed by atoms with E-state index in [-0.39, 0.29) is 17.5 Å². The van der Waals surface area contributed by atoms with Crippen LogP contribution in [0.4, 0.5) is 34.1 Å². The molecular formula is C77H83BN2. The lowest BCUT2D eigenvalue weighted by Gasteiger charge is -2.46. The third-order valence-corrected chi connectivity index (χ3v) is 17.2. The summed E-state index contributed by atoms with van der Waals surface area (Å²) >= 11 is 0. The van der Waals surface area contributed by atoms with E-state index in [4.69, 9.17) is 0 Å². The summed E-state index contributed by atoms with van der Waals surface area (Å²) in [5.41, 5.74) is 28.3. The van der Waals surface area contributed by atoms with Crippen LogP contribution in [0.5, 0.6) is 0 Å². The molecule has 9 aromatic carbocycles. The molecule has 3 heteroatoms. The second-order valence-corrected chi connectivity index (χ2v) is 25.1. The number of hydrogen-bond acceptors (Lipinski definition) is 2. The first-order valence-corrected chi connectivity index (χ1v) is 30.5. The lowest BCUT2D eigenvalue weighted by atomic mass is 9.33. The van der Waals surface area contributed by atoms with Crippen molar-refractivity contribution in [3.05, 3.63) is 222 Å². The predicted molar refractivity (Wildman–Crippen MR) is 349 cm³/mol. The van der Waals surface area contributed by atoms with Crippen molar-refractivity contribution in [1.29, 1.82) is 0 Å². The van der Waals surface area contributed by atoms with Crippen molar-refractivity contribution in [3.8, 4) is 44.5 Å². The van der Waals surface area contributed by atoms with E-state index in [9.17, 15) is 0 Å². The second kappa shape index (κ2) is 23.4. The van der Waals surface area contributed by atoms with E-state index in [2.05, 4.69) is 266 Å². The molecule has 2 aliphatic rings. The molecule has 0 N–H and O–H groups in total. The molecule has 0 bridgehead atoms. The number of hydrogen-bond donors (Lipinski definition) is 0. The molecule has 80 heavy (non-hydrogen) atoms. The van der Waals surface area contributed by atoms with Crippen molar-refractivity contribution in [3.63, 3.8) is 0 Å². The molecule has 11 rings (SSSR count). The minimum absolute atomic E-state index is 0.0113. The number of rotatable bonds is 18. The normalized spacial score (nSPS) is 12.8. The average Bonchev–Trinajstić information content (AvgIpc) is 1.61. The van der Waals surface area contributed by atoms with Crippen LogP contribution in [0.25, 0.3) is 44.5 Å². The smallest absolute Gasteiger partial charge is 0.252 e. The van der Waals surface area contributed by atoms with Crippen LogP contribution >= 0.6 is 0 Å². The Bertz CT molecular complexity index is 3250. The fourth-order valence-corrected chi connectivity index (χ4v) is 12.8. The summed E-state index contributed by atoms with van der Waals surface area (Å²) in [6.45, 7) is 21.2. The maximum absolute atomic E-state index is 2.76. The third-order valence-electron chi connectivity index (χ3n) is 17.2. The van der Waals surface area contributed by atoms with Gasteiger partial charge in [-0.3, -0.25) is 0 Å². The lowest BCUT2D eigenvalue weighted by molar-refractivity contribution is 0.590. The Balaban J connectivity index is 1.33. The molecular weight excluding hydrogens is 964 g/mol.